The van der Waals surface area contributed by atoms with Gasteiger partial charge in [-0.05, 0) is 56.3 Å². The lowest BCUT2D eigenvalue weighted by molar-refractivity contribution is 0.419. The van der Waals surface area contributed by atoms with E-state index in [2.05, 4.69) is 26.1 Å². The van der Waals surface area contributed by atoms with Gasteiger partial charge in [0.05, 0.1) is 5.02 Å². The van der Waals surface area contributed by atoms with Crippen molar-refractivity contribution in [2.75, 3.05) is 6.54 Å². The fourth-order valence-corrected chi connectivity index (χ4v) is 2.43. The van der Waals surface area contributed by atoms with Gasteiger partial charge in [0, 0.05) is 6.04 Å². The van der Waals surface area contributed by atoms with Crippen LogP contribution in [0, 0.1) is 11.7 Å². The lowest BCUT2D eigenvalue weighted by atomic mass is 9.95. The molecule has 0 saturated heterocycles. The number of hydrogen-bond acceptors (Lipinski definition) is 1. The predicted molar refractivity (Wildman–Crippen MR) is 76.7 cm³/mol. The Labute approximate surface area is 115 Å². The Kier molecular flexibility index (Phi) is 6.66. The van der Waals surface area contributed by atoms with Crippen LogP contribution in [0.4, 0.5) is 4.39 Å². The van der Waals surface area contributed by atoms with Crippen LogP contribution < -0.4 is 5.32 Å². The van der Waals surface area contributed by atoms with Crippen molar-refractivity contribution in [1.82, 2.24) is 5.32 Å². The molecule has 1 nitrogen and oxygen atoms in total. The molecule has 2 unspecified atom stereocenters. The van der Waals surface area contributed by atoms with E-state index in [1.807, 2.05) is 6.07 Å². The van der Waals surface area contributed by atoms with E-state index < -0.39 is 0 Å². The van der Waals surface area contributed by atoms with E-state index >= 15 is 0 Å². The van der Waals surface area contributed by atoms with Crippen molar-refractivity contribution >= 4 is 11.6 Å². The van der Waals surface area contributed by atoms with Crippen molar-refractivity contribution in [3.05, 3.63) is 34.6 Å². The van der Waals surface area contributed by atoms with Gasteiger partial charge in [0.2, 0.25) is 0 Å². The zero-order valence-corrected chi connectivity index (χ0v) is 12.2. The standard InChI is InChI=1S/C15H23ClFN/c1-4-7-18-12(3)8-11(2)9-13-5-6-15(17)14(16)10-13/h5-6,10-12,18H,4,7-9H2,1-3H3. The smallest absolute Gasteiger partial charge is 0.141 e. The summed E-state index contributed by atoms with van der Waals surface area (Å²) in [6.07, 6.45) is 3.22. The van der Waals surface area contributed by atoms with Gasteiger partial charge in [-0.25, -0.2) is 4.39 Å². The summed E-state index contributed by atoms with van der Waals surface area (Å²) in [7, 11) is 0. The molecule has 0 saturated carbocycles. The lowest BCUT2D eigenvalue weighted by Crippen LogP contribution is -2.28. The van der Waals surface area contributed by atoms with Gasteiger partial charge in [-0.3, -0.25) is 0 Å². The summed E-state index contributed by atoms with van der Waals surface area (Å²) in [5.74, 6) is 0.219. The molecule has 102 valence electrons. The largest absolute Gasteiger partial charge is 0.314 e. The van der Waals surface area contributed by atoms with Crippen molar-refractivity contribution in [3.63, 3.8) is 0 Å². The van der Waals surface area contributed by atoms with Gasteiger partial charge in [-0.15, -0.1) is 0 Å². The molecule has 0 fully saturated rings. The van der Waals surface area contributed by atoms with Crippen LogP contribution in [0.3, 0.4) is 0 Å². The van der Waals surface area contributed by atoms with Crippen LogP contribution in [-0.4, -0.2) is 12.6 Å². The number of hydrogen-bond donors (Lipinski definition) is 1. The minimum atomic E-state index is -0.342. The van der Waals surface area contributed by atoms with Crippen LogP contribution in [-0.2, 0) is 6.42 Å². The lowest BCUT2D eigenvalue weighted by Gasteiger charge is -2.18. The van der Waals surface area contributed by atoms with Crippen molar-refractivity contribution in [3.8, 4) is 0 Å². The van der Waals surface area contributed by atoms with Crippen molar-refractivity contribution < 1.29 is 4.39 Å². The molecule has 1 rings (SSSR count). The van der Waals surface area contributed by atoms with Crippen LogP contribution in [0.5, 0.6) is 0 Å². The summed E-state index contributed by atoms with van der Waals surface area (Å²) in [6.45, 7) is 7.67. The van der Waals surface area contributed by atoms with E-state index in [0.717, 1.165) is 31.4 Å². The van der Waals surface area contributed by atoms with Gasteiger partial charge in [-0.1, -0.05) is 31.5 Å². The van der Waals surface area contributed by atoms with Crippen molar-refractivity contribution in [1.29, 1.82) is 0 Å². The van der Waals surface area contributed by atoms with Gasteiger partial charge < -0.3 is 5.32 Å². The van der Waals surface area contributed by atoms with Crippen LogP contribution >= 0.6 is 11.6 Å². The summed E-state index contributed by atoms with van der Waals surface area (Å²) < 4.78 is 13.0. The first-order chi connectivity index (χ1) is 8.52. The van der Waals surface area contributed by atoms with Crippen LogP contribution in [0.15, 0.2) is 18.2 Å². The second-order valence-electron chi connectivity index (χ2n) is 5.15. The topological polar surface area (TPSA) is 12.0 Å². The summed E-state index contributed by atoms with van der Waals surface area (Å²) in [5, 5.41) is 3.70. The quantitative estimate of drug-likeness (QED) is 0.773. The number of nitrogens with one attached hydrogen (secondary N) is 1. The molecular formula is C15H23ClFN. The molecule has 1 aromatic rings. The molecule has 2 atom stereocenters. The second-order valence-corrected chi connectivity index (χ2v) is 5.56. The van der Waals surface area contributed by atoms with Crippen molar-refractivity contribution in [2.24, 2.45) is 5.92 Å². The van der Waals surface area contributed by atoms with E-state index in [-0.39, 0.29) is 10.8 Å². The zero-order chi connectivity index (χ0) is 13.5. The first-order valence-electron chi connectivity index (χ1n) is 6.70. The second kappa shape index (κ2) is 7.75. The molecule has 1 aromatic carbocycles. The van der Waals surface area contributed by atoms with E-state index in [0.29, 0.717) is 12.0 Å². The molecule has 18 heavy (non-hydrogen) atoms. The summed E-state index contributed by atoms with van der Waals surface area (Å²) in [6, 6.07) is 5.53. The third kappa shape index (κ3) is 5.36. The Morgan fingerprint density at radius 2 is 2.06 bits per heavy atom. The van der Waals surface area contributed by atoms with Gasteiger partial charge in [0.15, 0.2) is 0 Å². The van der Waals surface area contributed by atoms with Gasteiger partial charge in [-0.2, -0.15) is 0 Å². The Balaban J connectivity index is 2.43. The fourth-order valence-electron chi connectivity index (χ4n) is 2.23. The first-order valence-corrected chi connectivity index (χ1v) is 7.08. The molecular weight excluding hydrogens is 249 g/mol. The minimum absolute atomic E-state index is 0.219. The first kappa shape index (κ1) is 15.5. The summed E-state index contributed by atoms with van der Waals surface area (Å²) in [4.78, 5) is 0. The van der Waals surface area contributed by atoms with Gasteiger partial charge in [0.25, 0.3) is 0 Å². The Hall–Kier alpha value is -0.600. The molecule has 0 aromatic heterocycles. The monoisotopic (exact) mass is 271 g/mol. The molecule has 0 spiro atoms. The highest BCUT2D eigenvalue weighted by molar-refractivity contribution is 6.30. The van der Waals surface area contributed by atoms with Crippen molar-refractivity contribution in [2.45, 2.75) is 46.1 Å². The number of halogens is 2. The molecule has 0 aliphatic carbocycles. The van der Waals surface area contributed by atoms with Crippen LogP contribution in [0.25, 0.3) is 0 Å². The fraction of sp³-hybridized carbons (Fsp3) is 0.600. The maximum absolute atomic E-state index is 13.0. The Morgan fingerprint density at radius 1 is 1.33 bits per heavy atom. The number of rotatable bonds is 7. The maximum atomic E-state index is 13.0. The summed E-state index contributed by atoms with van der Waals surface area (Å²) in [5.41, 5.74) is 1.11. The third-order valence-corrected chi connectivity index (χ3v) is 3.36. The molecule has 0 aliphatic heterocycles. The molecule has 0 radical (unpaired) electrons. The van der Waals surface area contributed by atoms with E-state index in [1.54, 1.807) is 6.07 Å². The molecule has 0 aliphatic rings. The SMILES string of the molecule is CCCNC(C)CC(C)Cc1ccc(F)c(Cl)c1. The normalized spacial score (nSPS) is 14.5. The highest BCUT2D eigenvalue weighted by atomic mass is 35.5. The van der Waals surface area contributed by atoms with E-state index in [1.165, 1.54) is 6.07 Å². The predicted octanol–water partition coefficient (Wildman–Crippen LogP) is 4.44. The van der Waals surface area contributed by atoms with E-state index in [4.69, 9.17) is 11.6 Å². The zero-order valence-electron chi connectivity index (χ0n) is 11.5. The summed E-state index contributed by atoms with van der Waals surface area (Å²) >= 11 is 5.78. The average molecular weight is 272 g/mol. The van der Waals surface area contributed by atoms with Crippen LogP contribution in [0.1, 0.15) is 39.2 Å². The van der Waals surface area contributed by atoms with E-state index in [9.17, 15) is 4.39 Å². The highest BCUT2D eigenvalue weighted by Gasteiger charge is 2.10. The highest BCUT2D eigenvalue weighted by Crippen LogP contribution is 2.20. The molecule has 0 bridgehead atoms. The van der Waals surface area contributed by atoms with Gasteiger partial charge >= 0.3 is 0 Å². The molecule has 0 amide bonds. The maximum Gasteiger partial charge on any atom is 0.141 e. The minimum Gasteiger partial charge on any atom is -0.314 e. The Morgan fingerprint density at radius 3 is 2.67 bits per heavy atom. The third-order valence-electron chi connectivity index (χ3n) is 3.07. The number of benzene rings is 1. The van der Waals surface area contributed by atoms with Crippen LogP contribution in [0.2, 0.25) is 5.02 Å². The van der Waals surface area contributed by atoms with Gasteiger partial charge in [0.1, 0.15) is 5.82 Å². The Bertz CT molecular complexity index is 368. The average Bonchev–Trinajstić information content (AvgIpc) is 2.31. The molecule has 3 heteroatoms. The molecule has 0 heterocycles. The molecule has 1 N–H and O–H groups in total.